The van der Waals surface area contributed by atoms with Crippen LogP contribution in [-0.4, -0.2) is 31.5 Å². The van der Waals surface area contributed by atoms with Crippen LogP contribution in [0.15, 0.2) is 30.5 Å². The molecule has 4 aromatic rings. The van der Waals surface area contributed by atoms with Gasteiger partial charge in [-0.05, 0) is 43.4 Å². The fraction of sp³-hybridized carbons (Fsp3) is 0.345. The number of aryl methyl sites for hydroxylation is 1. The zero-order chi connectivity index (χ0) is 28.6. The van der Waals surface area contributed by atoms with Gasteiger partial charge in [0.15, 0.2) is 5.69 Å². The van der Waals surface area contributed by atoms with Crippen molar-refractivity contribution in [1.29, 1.82) is 15.8 Å². The van der Waals surface area contributed by atoms with E-state index in [0.29, 0.717) is 62.6 Å². The average Bonchev–Trinajstić information content (AvgIpc) is 3.68. The van der Waals surface area contributed by atoms with E-state index in [1.807, 2.05) is 6.07 Å². The molecule has 1 fully saturated rings. The van der Waals surface area contributed by atoms with E-state index in [4.69, 9.17) is 0 Å². The number of rotatable bonds is 7. The zero-order valence-electron chi connectivity index (χ0n) is 22.6. The lowest BCUT2D eigenvalue weighted by atomic mass is 9.96. The minimum Gasteiger partial charge on any atom is -0.383 e. The molecule has 3 heterocycles. The second kappa shape index (κ2) is 10.2. The number of nitriles is 3. The highest BCUT2D eigenvalue weighted by Crippen LogP contribution is 2.38. The maximum absolute atomic E-state index is 14.0. The Hall–Kier alpha value is -5.08. The van der Waals surface area contributed by atoms with Crippen molar-refractivity contribution in [2.45, 2.75) is 52.6 Å². The van der Waals surface area contributed by atoms with Crippen LogP contribution < -0.4 is 10.6 Å². The maximum Gasteiger partial charge on any atom is 0.213 e. The molecule has 0 saturated heterocycles. The number of nitrogens with one attached hydrogen (secondary N) is 2. The standard InChI is InChI=1S/C29H27FN10/c1-16-21(7-8-24(30)36-16)27(28-23(13-33)40(39-38-28)20-5-6-20)37-19-9-17(11-31)25-22(10-19)26(18(12-32)14-34-25)35-15-29(2,3)4/h7-10,14,20,27,37H,5-6,15H2,1-4H3,(H,34,35)/t27-/m0/s1. The first-order chi connectivity index (χ1) is 19.1. The fourth-order valence-electron chi connectivity index (χ4n) is 4.59. The molecular weight excluding hydrogens is 507 g/mol. The minimum atomic E-state index is -0.725. The van der Waals surface area contributed by atoms with E-state index in [2.05, 4.69) is 69.9 Å². The molecule has 1 aliphatic rings. The van der Waals surface area contributed by atoms with Gasteiger partial charge in [0.05, 0.1) is 28.4 Å². The predicted octanol–water partition coefficient (Wildman–Crippen LogP) is 5.28. The summed E-state index contributed by atoms with van der Waals surface area (Å²) < 4.78 is 15.6. The summed E-state index contributed by atoms with van der Waals surface area (Å²) in [4.78, 5) is 8.40. The normalized spacial score (nSPS) is 13.8. The van der Waals surface area contributed by atoms with Crippen LogP contribution >= 0.6 is 0 Å². The van der Waals surface area contributed by atoms with Crippen LogP contribution in [-0.2, 0) is 0 Å². The third kappa shape index (κ3) is 5.12. The number of benzene rings is 1. The number of fused-ring (bicyclic) bond motifs is 1. The maximum atomic E-state index is 14.0. The minimum absolute atomic E-state index is 0.0739. The van der Waals surface area contributed by atoms with E-state index in [1.165, 1.54) is 12.3 Å². The molecule has 5 rings (SSSR count). The van der Waals surface area contributed by atoms with E-state index in [-0.39, 0.29) is 11.5 Å². The fourth-order valence-corrected chi connectivity index (χ4v) is 4.59. The molecule has 2 N–H and O–H groups in total. The second-order valence-electron chi connectivity index (χ2n) is 11.1. The molecule has 11 heteroatoms. The summed E-state index contributed by atoms with van der Waals surface area (Å²) in [7, 11) is 0. The van der Waals surface area contributed by atoms with Crippen molar-refractivity contribution in [2.24, 2.45) is 5.41 Å². The van der Waals surface area contributed by atoms with Crippen molar-refractivity contribution in [1.82, 2.24) is 25.0 Å². The van der Waals surface area contributed by atoms with Crippen LogP contribution in [0.2, 0.25) is 0 Å². The first-order valence-corrected chi connectivity index (χ1v) is 12.9. The number of hydrogen-bond donors (Lipinski definition) is 2. The van der Waals surface area contributed by atoms with Gasteiger partial charge < -0.3 is 10.6 Å². The lowest BCUT2D eigenvalue weighted by molar-refractivity contribution is 0.443. The van der Waals surface area contributed by atoms with Gasteiger partial charge >= 0.3 is 0 Å². The Morgan fingerprint density at radius 3 is 2.48 bits per heavy atom. The highest BCUT2D eigenvalue weighted by atomic mass is 19.1. The van der Waals surface area contributed by atoms with Gasteiger partial charge in [0.1, 0.15) is 29.9 Å². The van der Waals surface area contributed by atoms with E-state index >= 15 is 0 Å². The number of hydrogen-bond acceptors (Lipinski definition) is 9. The average molecular weight is 535 g/mol. The number of halogens is 1. The summed E-state index contributed by atoms with van der Waals surface area (Å²) in [6, 6.07) is 12.4. The van der Waals surface area contributed by atoms with Crippen LogP contribution in [0.5, 0.6) is 0 Å². The number of aromatic nitrogens is 5. The third-order valence-corrected chi connectivity index (χ3v) is 6.72. The van der Waals surface area contributed by atoms with Crippen LogP contribution in [0, 0.1) is 52.3 Å². The van der Waals surface area contributed by atoms with Crippen molar-refractivity contribution in [2.75, 3.05) is 17.2 Å². The number of nitrogens with zero attached hydrogens (tertiary/aromatic N) is 8. The summed E-state index contributed by atoms with van der Waals surface area (Å²) in [5.74, 6) is -0.621. The summed E-state index contributed by atoms with van der Waals surface area (Å²) in [5.41, 5.74) is 3.86. The summed E-state index contributed by atoms with van der Waals surface area (Å²) in [6.45, 7) is 8.50. The number of pyridine rings is 2. The summed E-state index contributed by atoms with van der Waals surface area (Å²) in [6.07, 6.45) is 3.30. The molecular formula is C29H27FN10. The van der Waals surface area contributed by atoms with Crippen molar-refractivity contribution in [3.63, 3.8) is 0 Å². The molecule has 1 atom stereocenters. The first-order valence-electron chi connectivity index (χ1n) is 12.9. The van der Waals surface area contributed by atoms with Gasteiger partial charge in [0.25, 0.3) is 0 Å². The molecule has 0 aliphatic heterocycles. The topological polar surface area (TPSA) is 152 Å². The monoisotopic (exact) mass is 534 g/mol. The molecule has 40 heavy (non-hydrogen) atoms. The number of anilines is 2. The molecule has 200 valence electrons. The zero-order valence-corrected chi connectivity index (χ0v) is 22.6. The third-order valence-electron chi connectivity index (χ3n) is 6.72. The van der Waals surface area contributed by atoms with Crippen LogP contribution in [0.1, 0.15) is 79.5 Å². The van der Waals surface area contributed by atoms with Gasteiger partial charge in [-0.1, -0.05) is 32.1 Å². The molecule has 0 spiro atoms. The lowest BCUT2D eigenvalue weighted by Gasteiger charge is -2.23. The van der Waals surface area contributed by atoms with Crippen molar-refractivity contribution in [3.8, 4) is 18.2 Å². The smallest absolute Gasteiger partial charge is 0.213 e. The molecule has 3 aromatic heterocycles. The van der Waals surface area contributed by atoms with E-state index in [1.54, 1.807) is 23.7 Å². The first kappa shape index (κ1) is 26.5. The summed E-state index contributed by atoms with van der Waals surface area (Å²) in [5, 5.41) is 45.9. The highest BCUT2D eigenvalue weighted by Gasteiger charge is 2.32. The predicted molar refractivity (Wildman–Crippen MR) is 147 cm³/mol. The Labute approximate surface area is 231 Å². The SMILES string of the molecule is Cc1nc(F)ccc1[C@H](Nc1cc(C#N)c2ncc(C#N)c(NCC(C)(C)C)c2c1)c1nnn(C2CC2)c1C#N. The molecule has 0 bridgehead atoms. The molecule has 1 saturated carbocycles. The van der Waals surface area contributed by atoms with Crippen molar-refractivity contribution in [3.05, 3.63) is 70.2 Å². The Bertz CT molecular complexity index is 1740. The van der Waals surface area contributed by atoms with Gasteiger partial charge in [-0.3, -0.25) is 4.98 Å². The van der Waals surface area contributed by atoms with Crippen LogP contribution in [0.25, 0.3) is 10.9 Å². The largest absolute Gasteiger partial charge is 0.383 e. The molecule has 0 unspecified atom stereocenters. The van der Waals surface area contributed by atoms with E-state index in [0.717, 1.165) is 12.8 Å². The van der Waals surface area contributed by atoms with Crippen molar-refractivity contribution < 1.29 is 4.39 Å². The Morgan fingerprint density at radius 1 is 1.10 bits per heavy atom. The second-order valence-corrected chi connectivity index (χ2v) is 11.1. The van der Waals surface area contributed by atoms with Crippen molar-refractivity contribution >= 4 is 22.3 Å². The molecule has 0 amide bonds. The van der Waals surface area contributed by atoms with E-state index in [9.17, 15) is 20.2 Å². The molecule has 1 aromatic carbocycles. The quantitative estimate of drug-likeness (QED) is 0.302. The Morgan fingerprint density at radius 2 is 1.85 bits per heavy atom. The lowest BCUT2D eigenvalue weighted by Crippen LogP contribution is -2.20. The summed E-state index contributed by atoms with van der Waals surface area (Å²) >= 11 is 0. The highest BCUT2D eigenvalue weighted by molar-refractivity contribution is 5.99. The van der Waals surface area contributed by atoms with Gasteiger partial charge in [-0.15, -0.1) is 5.10 Å². The van der Waals surface area contributed by atoms with Gasteiger partial charge in [0, 0.05) is 35.1 Å². The van der Waals surface area contributed by atoms with Gasteiger partial charge in [-0.2, -0.15) is 20.2 Å². The molecule has 1 aliphatic carbocycles. The van der Waals surface area contributed by atoms with E-state index < -0.39 is 12.0 Å². The van der Waals surface area contributed by atoms with Crippen LogP contribution in [0.4, 0.5) is 15.8 Å². The van der Waals surface area contributed by atoms with Crippen LogP contribution in [0.3, 0.4) is 0 Å². The molecule has 10 nitrogen and oxygen atoms in total. The van der Waals surface area contributed by atoms with Gasteiger partial charge in [-0.25, -0.2) is 9.67 Å². The molecule has 0 radical (unpaired) electrons. The Kier molecular flexibility index (Phi) is 6.79. The Balaban J connectivity index is 1.68. The van der Waals surface area contributed by atoms with Gasteiger partial charge in [0.2, 0.25) is 5.95 Å².